The van der Waals surface area contributed by atoms with Crippen LogP contribution < -0.4 is 4.90 Å². The molecule has 4 heterocycles. The van der Waals surface area contributed by atoms with Crippen LogP contribution in [0.5, 0.6) is 0 Å². The molecular weight excluding hydrogens is 226 g/mol. The summed E-state index contributed by atoms with van der Waals surface area (Å²) in [5, 5.41) is 0. The van der Waals surface area contributed by atoms with Crippen LogP contribution in [-0.2, 0) is 9.47 Å². The van der Waals surface area contributed by atoms with Gasteiger partial charge in [-0.05, 0) is 32.8 Å². The number of anilines is 1. The van der Waals surface area contributed by atoms with E-state index in [9.17, 15) is 0 Å². The minimum Gasteiger partial charge on any atom is -0.371 e. The lowest BCUT2D eigenvalue weighted by Crippen LogP contribution is -2.45. The molecule has 0 N–H and O–H groups in total. The second-order valence-corrected chi connectivity index (χ2v) is 6.11. The molecule has 1 aromatic rings. The van der Waals surface area contributed by atoms with Gasteiger partial charge in [-0.15, -0.1) is 0 Å². The first kappa shape index (κ1) is 10.8. The van der Waals surface area contributed by atoms with Crippen molar-refractivity contribution in [2.45, 2.75) is 44.2 Å². The Morgan fingerprint density at radius 3 is 2.67 bits per heavy atom. The molecule has 0 aromatic heterocycles. The van der Waals surface area contributed by atoms with Gasteiger partial charge >= 0.3 is 0 Å². The first-order valence-corrected chi connectivity index (χ1v) is 6.82. The number of para-hydroxylation sites is 1. The molecule has 96 valence electrons. The Morgan fingerprint density at radius 2 is 1.89 bits per heavy atom. The van der Waals surface area contributed by atoms with E-state index in [-0.39, 0.29) is 11.7 Å². The van der Waals surface area contributed by atoms with Gasteiger partial charge in [0, 0.05) is 24.3 Å². The fraction of sp³-hybridized carbons (Fsp3) is 0.600. The van der Waals surface area contributed by atoms with Crippen molar-refractivity contribution in [2.24, 2.45) is 0 Å². The number of hydrogen-bond donors (Lipinski definition) is 0. The number of piperidine rings is 1. The van der Waals surface area contributed by atoms with Gasteiger partial charge in [0.1, 0.15) is 11.7 Å². The normalized spacial score (nSPS) is 36.1. The van der Waals surface area contributed by atoms with Crippen LogP contribution in [0.2, 0.25) is 0 Å². The highest BCUT2D eigenvalue weighted by Crippen LogP contribution is 2.55. The summed E-state index contributed by atoms with van der Waals surface area (Å²) in [6.45, 7) is 6.22. The molecule has 3 nitrogen and oxygen atoms in total. The summed E-state index contributed by atoms with van der Waals surface area (Å²) < 4.78 is 12.5. The van der Waals surface area contributed by atoms with Gasteiger partial charge in [0.05, 0.1) is 0 Å². The van der Waals surface area contributed by atoms with Crippen LogP contribution in [0.15, 0.2) is 24.3 Å². The minimum absolute atomic E-state index is 0.0937. The lowest BCUT2D eigenvalue weighted by atomic mass is 9.85. The zero-order valence-corrected chi connectivity index (χ0v) is 11.0. The van der Waals surface area contributed by atoms with Crippen LogP contribution in [0.25, 0.3) is 0 Å². The second-order valence-electron chi connectivity index (χ2n) is 6.11. The Hall–Kier alpha value is -1.06. The highest BCUT2D eigenvalue weighted by molar-refractivity contribution is 5.58. The SMILES string of the molecule is CC1(C)OC2c3ccccc3N3CCC2(CC3)O1. The average Bonchev–Trinajstić information content (AvgIpc) is 2.48. The van der Waals surface area contributed by atoms with Gasteiger partial charge in [-0.1, -0.05) is 18.2 Å². The van der Waals surface area contributed by atoms with E-state index in [0.717, 1.165) is 25.9 Å². The predicted octanol–water partition coefficient (Wildman–Crippen LogP) is 2.86. The minimum atomic E-state index is -0.461. The van der Waals surface area contributed by atoms with Crippen molar-refractivity contribution in [2.75, 3.05) is 18.0 Å². The molecule has 5 rings (SSSR count). The molecule has 4 aliphatic rings. The van der Waals surface area contributed by atoms with Gasteiger partial charge in [-0.3, -0.25) is 0 Å². The smallest absolute Gasteiger partial charge is 0.164 e. The molecule has 2 bridgehead atoms. The number of rotatable bonds is 0. The molecule has 1 atom stereocenters. The van der Waals surface area contributed by atoms with Crippen LogP contribution >= 0.6 is 0 Å². The topological polar surface area (TPSA) is 21.7 Å². The van der Waals surface area contributed by atoms with E-state index in [4.69, 9.17) is 9.47 Å². The number of ether oxygens (including phenoxy) is 2. The van der Waals surface area contributed by atoms with Crippen LogP contribution in [0.3, 0.4) is 0 Å². The average molecular weight is 245 g/mol. The maximum Gasteiger partial charge on any atom is 0.164 e. The standard InChI is InChI=1S/C15H19NO2/c1-14(2)17-13-11-5-3-4-6-12(11)16-9-7-15(13,18-14)8-10-16/h3-6,13H,7-10H2,1-2H3. The van der Waals surface area contributed by atoms with E-state index in [1.54, 1.807) is 0 Å². The van der Waals surface area contributed by atoms with Gasteiger partial charge in [0.15, 0.2) is 5.79 Å². The van der Waals surface area contributed by atoms with Crippen LogP contribution in [0, 0.1) is 0 Å². The van der Waals surface area contributed by atoms with Gasteiger partial charge in [-0.2, -0.15) is 0 Å². The van der Waals surface area contributed by atoms with Crippen molar-refractivity contribution in [3.63, 3.8) is 0 Å². The van der Waals surface area contributed by atoms with Crippen molar-refractivity contribution in [3.05, 3.63) is 29.8 Å². The van der Waals surface area contributed by atoms with Crippen LogP contribution in [0.4, 0.5) is 5.69 Å². The van der Waals surface area contributed by atoms with E-state index >= 15 is 0 Å². The summed E-state index contributed by atoms with van der Waals surface area (Å²) in [6.07, 6.45) is 2.22. The summed E-state index contributed by atoms with van der Waals surface area (Å²) >= 11 is 0. The first-order chi connectivity index (χ1) is 8.60. The quantitative estimate of drug-likeness (QED) is 0.701. The molecule has 1 spiro atoms. The molecule has 0 aliphatic carbocycles. The van der Waals surface area contributed by atoms with Gasteiger partial charge in [0.25, 0.3) is 0 Å². The molecule has 4 aliphatic heterocycles. The third-order valence-electron chi connectivity index (χ3n) is 4.50. The lowest BCUT2D eigenvalue weighted by molar-refractivity contribution is -0.167. The third-order valence-corrected chi connectivity index (χ3v) is 4.50. The van der Waals surface area contributed by atoms with Crippen molar-refractivity contribution >= 4 is 5.69 Å². The van der Waals surface area contributed by atoms with E-state index in [1.165, 1.54) is 11.3 Å². The third kappa shape index (κ3) is 1.32. The molecule has 1 unspecified atom stereocenters. The first-order valence-electron chi connectivity index (χ1n) is 6.82. The Bertz CT molecular complexity index is 489. The zero-order chi connectivity index (χ0) is 12.4. The van der Waals surface area contributed by atoms with E-state index in [1.807, 2.05) is 13.8 Å². The van der Waals surface area contributed by atoms with E-state index < -0.39 is 5.79 Å². The molecule has 1 aromatic carbocycles. The predicted molar refractivity (Wildman–Crippen MR) is 69.6 cm³/mol. The fourth-order valence-electron chi connectivity index (χ4n) is 3.79. The molecule has 0 amide bonds. The summed E-state index contributed by atoms with van der Waals surface area (Å²) in [5.41, 5.74) is 2.54. The van der Waals surface area contributed by atoms with Crippen LogP contribution in [0.1, 0.15) is 38.4 Å². The van der Waals surface area contributed by atoms with Gasteiger partial charge in [-0.25, -0.2) is 0 Å². The maximum atomic E-state index is 6.32. The monoisotopic (exact) mass is 245 g/mol. The summed E-state index contributed by atoms with van der Waals surface area (Å²) in [7, 11) is 0. The molecule has 2 saturated heterocycles. The maximum absolute atomic E-state index is 6.32. The highest BCUT2D eigenvalue weighted by Gasteiger charge is 2.57. The van der Waals surface area contributed by atoms with Crippen molar-refractivity contribution in [1.29, 1.82) is 0 Å². The van der Waals surface area contributed by atoms with E-state index in [2.05, 4.69) is 29.2 Å². The Labute approximate surface area is 108 Å². The number of benzene rings is 1. The Kier molecular flexibility index (Phi) is 1.97. The Balaban J connectivity index is 1.91. The van der Waals surface area contributed by atoms with Gasteiger partial charge < -0.3 is 14.4 Å². The summed E-state index contributed by atoms with van der Waals surface area (Å²) in [4.78, 5) is 2.47. The molecule has 18 heavy (non-hydrogen) atoms. The fourth-order valence-corrected chi connectivity index (χ4v) is 3.79. The van der Waals surface area contributed by atoms with Crippen LogP contribution in [-0.4, -0.2) is 24.5 Å². The largest absolute Gasteiger partial charge is 0.371 e. The Morgan fingerprint density at radius 1 is 1.17 bits per heavy atom. The lowest BCUT2D eigenvalue weighted by Gasteiger charge is -2.37. The van der Waals surface area contributed by atoms with Crippen molar-refractivity contribution in [3.8, 4) is 0 Å². The number of fused-ring (bicyclic) bond motifs is 2. The number of hydrogen-bond acceptors (Lipinski definition) is 3. The molecule has 0 radical (unpaired) electrons. The molecule has 2 fully saturated rings. The zero-order valence-electron chi connectivity index (χ0n) is 11.0. The van der Waals surface area contributed by atoms with Gasteiger partial charge in [0.2, 0.25) is 0 Å². The van der Waals surface area contributed by atoms with Crippen molar-refractivity contribution < 1.29 is 9.47 Å². The molecule has 0 saturated carbocycles. The van der Waals surface area contributed by atoms with Crippen molar-refractivity contribution in [1.82, 2.24) is 0 Å². The highest BCUT2D eigenvalue weighted by atomic mass is 16.8. The molecular formula is C15H19NO2. The summed E-state index contributed by atoms with van der Waals surface area (Å²) in [6, 6.07) is 8.63. The molecule has 3 heteroatoms. The van der Waals surface area contributed by atoms with E-state index in [0.29, 0.717) is 0 Å². The second kappa shape index (κ2) is 3.28. The number of nitrogens with zero attached hydrogens (tertiary/aromatic N) is 1. The summed E-state index contributed by atoms with van der Waals surface area (Å²) in [5.74, 6) is -0.461.